The van der Waals surface area contributed by atoms with Crippen LogP contribution in [-0.2, 0) is 41.9 Å². The third-order valence-corrected chi connectivity index (χ3v) is 14.3. The number of halogens is 8. The van der Waals surface area contributed by atoms with E-state index in [1.54, 1.807) is 0 Å². The first kappa shape index (κ1) is 53.8. The van der Waals surface area contributed by atoms with Crippen molar-refractivity contribution < 1.29 is 94.7 Å². The van der Waals surface area contributed by atoms with Crippen molar-refractivity contribution in [3.05, 3.63) is 134 Å². The highest BCUT2D eigenvalue weighted by molar-refractivity contribution is 7.86. The van der Waals surface area contributed by atoms with Crippen LogP contribution in [0, 0.1) is 14.3 Å². The van der Waals surface area contributed by atoms with Crippen molar-refractivity contribution in [2.75, 3.05) is 0 Å². The molecule has 4 aromatic rings. The first-order valence-corrected chi connectivity index (χ1v) is 24.7. The van der Waals surface area contributed by atoms with Crippen LogP contribution in [0.15, 0.2) is 97.1 Å². The smallest absolute Gasteiger partial charge is 0.485 e. The highest BCUT2D eigenvalue weighted by Crippen LogP contribution is 2.24. The van der Waals surface area contributed by atoms with Gasteiger partial charge in [-0.3, -0.25) is 0 Å². The monoisotopic (exact) mass is 1080 g/mol. The predicted molar refractivity (Wildman–Crippen MR) is 207 cm³/mol. The lowest BCUT2D eigenvalue weighted by Crippen LogP contribution is -3.61. The molecular weight excluding hydrogens is 1030 g/mol. The molecular formula is C42H52F6I2O6S2. The second-order valence-corrected chi connectivity index (χ2v) is 25.8. The van der Waals surface area contributed by atoms with Gasteiger partial charge in [-0.2, -0.15) is 26.3 Å². The van der Waals surface area contributed by atoms with Crippen LogP contribution in [-0.4, -0.2) is 37.0 Å². The zero-order valence-electron chi connectivity index (χ0n) is 34.5. The molecule has 0 aliphatic rings. The first-order valence-electron chi connectivity index (χ1n) is 17.6. The minimum absolute atomic E-state index is 0.0703. The van der Waals surface area contributed by atoms with Gasteiger partial charge in [-0.25, -0.2) is 16.8 Å². The van der Waals surface area contributed by atoms with E-state index < -0.39 is 31.3 Å². The summed E-state index contributed by atoms with van der Waals surface area (Å²) in [7, 11) is -12.2. The van der Waals surface area contributed by atoms with Crippen molar-refractivity contribution in [1.82, 2.24) is 0 Å². The Kier molecular flexibility index (Phi) is 19.0. The Morgan fingerprint density at radius 2 is 0.466 bits per heavy atom. The Morgan fingerprint density at radius 1 is 0.345 bits per heavy atom. The van der Waals surface area contributed by atoms with Gasteiger partial charge in [0.1, 0.15) is 0 Å². The van der Waals surface area contributed by atoms with Crippen molar-refractivity contribution >= 4 is 20.2 Å². The average Bonchev–Trinajstić information content (AvgIpc) is 3.03. The number of benzene rings is 4. The molecule has 0 fully saturated rings. The third-order valence-electron chi connectivity index (χ3n) is 7.84. The van der Waals surface area contributed by atoms with E-state index in [1.165, 1.54) is 36.5 Å². The van der Waals surface area contributed by atoms with Gasteiger partial charge in [0.25, 0.3) is 0 Å². The van der Waals surface area contributed by atoms with Crippen LogP contribution in [0.4, 0.5) is 26.3 Å². The SMILES string of the molecule is CC(C)(C)c1ccc([I+]c2ccc(C(C)(C)C)cc2)cc1.CC(C)(C)c1ccc([I+]c2ccc(C(C)(C)C)cc2)cc1.O=S(=O)([O-])C(F)(F)F.O=S(=O)([O-])C(F)(F)F. The summed E-state index contributed by atoms with van der Waals surface area (Å²) < 4.78 is 124. The van der Waals surface area contributed by atoms with E-state index in [9.17, 15) is 26.3 Å². The fraction of sp³-hybridized carbons (Fsp3) is 0.429. The molecule has 0 bridgehead atoms. The van der Waals surface area contributed by atoms with Gasteiger partial charge in [0.05, 0.1) is 0 Å². The van der Waals surface area contributed by atoms with Crippen LogP contribution in [0.2, 0.25) is 0 Å². The highest BCUT2D eigenvalue weighted by atomic mass is 127. The summed E-state index contributed by atoms with van der Waals surface area (Å²) in [6.07, 6.45) is 0. The van der Waals surface area contributed by atoms with Crippen molar-refractivity contribution in [3.63, 3.8) is 0 Å². The maximum Gasteiger partial charge on any atom is 0.485 e. The zero-order chi connectivity index (χ0) is 45.3. The molecule has 4 rings (SSSR count). The van der Waals surface area contributed by atoms with Gasteiger partial charge in [0.2, 0.25) is 0 Å². The standard InChI is InChI=1S/2C20H26I.2CHF3O3S/c2*1-19(2,3)15-7-11-17(12-8-15)21-18-13-9-16(10-14-18)20(4,5)6;2*2-1(3,4)8(5,6)7/h2*7-14H,1-6H3;2*(H,5,6,7)/q2*+1;;/p-2. The summed E-state index contributed by atoms with van der Waals surface area (Å²) in [6, 6.07) is 36.8. The molecule has 0 amide bonds. The molecule has 0 saturated heterocycles. The zero-order valence-corrected chi connectivity index (χ0v) is 40.5. The van der Waals surface area contributed by atoms with Crippen molar-refractivity contribution in [2.24, 2.45) is 0 Å². The first-order chi connectivity index (χ1) is 25.8. The summed E-state index contributed by atoms with van der Waals surface area (Å²) >= 11 is -0.141. The molecule has 0 aliphatic carbocycles. The molecule has 324 valence electrons. The maximum atomic E-state index is 10.7. The molecule has 0 heterocycles. The topological polar surface area (TPSA) is 114 Å². The molecule has 58 heavy (non-hydrogen) atoms. The lowest BCUT2D eigenvalue weighted by atomic mass is 9.87. The van der Waals surface area contributed by atoms with Crippen LogP contribution in [0.3, 0.4) is 0 Å². The second kappa shape index (κ2) is 20.5. The molecule has 0 spiro atoms. The third kappa shape index (κ3) is 19.4. The normalized spacial score (nSPS) is 12.9. The number of alkyl halides is 6. The van der Waals surface area contributed by atoms with Crippen LogP contribution in [0.1, 0.15) is 105 Å². The molecule has 0 aliphatic heterocycles. The van der Waals surface area contributed by atoms with Gasteiger partial charge in [-0.05, 0) is 92.4 Å². The molecule has 0 saturated carbocycles. The van der Waals surface area contributed by atoms with Crippen molar-refractivity contribution in [2.45, 2.75) is 116 Å². The van der Waals surface area contributed by atoms with Gasteiger partial charge in [-0.15, -0.1) is 0 Å². The average molecular weight is 1080 g/mol. The summed E-state index contributed by atoms with van der Waals surface area (Å²) in [6.45, 7) is 27.2. The van der Waals surface area contributed by atoms with Crippen molar-refractivity contribution in [1.29, 1.82) is 0 Å². The maximum absolute atomic E-state index is 10.7. The fourth-order valence-electron chi connectivity index (χ4n) is 4.30. The molecule has 0 unspecified atom stereocenters. The predicted octanol–water partition coefficient (Wildman–Crippen LogP) is 4.92. The highest BCUT2D eigenvalue weighted by Gasteiger charge is 2.37. The summed E-state index contributed by atoms with van der Waals surface area (Å²) in [5.41, 5.74) is -4.67. The minimum atomic E-state index is -6.09. The quantitative estimate of drug-likeness (QED) is 0.124. The molecule has 0 N–H and O–H groups in total. The largest absolute Gasteiger partial charge is 0.741 e. The molecule has 16 heteroatoms. The minimum Gasteiger partial charge on any atom is -0.741 e. The number of hydrogen-bond acceptors (Lipinski definition) is 6. The molecule has 0 atom stereocenters. The Bertz CT molecular complexity index is 1830. The van der Waals surface area contributed by atoms with E-state index >= 15 is 0 Å². The summed E-state index contributed by atoms with van der Waals surface area (Å²) in [5.74, 6) is 0. The fourth-order valence-corrected chi connectivity index (χ4v) is 8.62. The van der Waals surface area contributed by atoms with E-state index in [0.29, 0.717) is 0 Å². The Labute approximate surface area is 361 Å². The van der Waals surface area contributed by atoms with Crippen LogP contribution in [0.25, 0.3) is 0 Å². The Morgan fingerprint density at radius 3 is 0.552 bits per heavy atom. The molecule has 6 nitrogen and oxygen atoms in total. The molecule has 0 aromatic heterocycles. The van der Waals surface area contributed by atoms with Crippen LogP contribution < -0.4 is 42.4 Å². The lowest BCUT2D eigenvalue weighted by Gasteiger charge is -2.18. The van der Waals surface area contributed by atoms with E-state index in [2.05, 4.69) is 180 Å². The number of hydrogen-bond donors (Lipinski definition) is 0. The van der Waals surface area contributed by atoms with E-state index in [1.807, 2.05) is 0 Å². The van der Waals surface area contributed by atoms with Gasteiger partial charge >= 0.3 is 53.4 Å². The van der Waals surface area contributed by atoms with E-state index in [0.717, 1.165) is 0 Å². The van der Waals surface area contributed by atoms with Crippen LogP contribution in [0.5, 0.6) is 0 Å². The molecule has 0 radical (unpaired) electrons. The van der Waals surface area contributed by atoms with Crippen LogP contribution >= 0.6 is 0 Å². The summed E-state index contributed by atoms with van der Waals surface area (Å²) in [5, 5.41) is 0. The Hall–Kier alpha value is -2.26. The van der Waals surface area contributed by atoms with Gasteiger partial charge in [0.15, 0.2) is 34.5 Å². The lowest BCUT2D eigenvalue weighted by molar-refractivity contribution is -0.597. The van der Waals surface area contributed by atoms with E-state index in [-0.39, 0.29) is 64.1 Å². The van der Waals surface area contributed by atoms with Gasteiger partial charge in [-0.1, -0.05) is 132 Å². The van der Waals surface area contributed by atoms with Gasteiger partial charge < -0.3 is 9.11 Å². The summed E-state index contributed by atoms with van der Waals surface area (Å²) in [4.78, 5) is 0. The number of rotatable bonds is 4. The molecule has 4 aromatic carbocycles. The van der Waals surface area contributed by atoms with Gasteiger partial charge in [0, 0.05) is 0 Å². The second-order valence-electron chi connectivity index (χ2n) is 17.0. The van der Waals surface area contributed by atoms with E-state index in [4.69, 9.17) is 25.9 Å². The Balaban J connectivity index is 0.000000426. The van der Waals surface area contributed by atoms with Crippen molar-refractivity contribution in [3.8, 4) is 0 Å².